The zero-order valence-corrected chi connectivity index (χ0v) is 15.5. The summed E-state index contributed by atoms with van der Waals surface area (Å²) in [5, 5.41) is 12.0. The maximum absolute atomic E-state index is 12.4. The molecular formula is C22H14N4O4. The maximum atomic E-state index is 12.4. The van der Waals surface area contributed by atoms with E-state index in [0.29, 0.717) is 22.7 Å². The minimum atomic E-state index is -0.449. The van der Waals surface area contributed by atoms with E-state index in [-0.39, 0.29) is 5.69 Å². The molecule has 5 rings (SSSR count). The number of nitrogens with one attached hydrogen (secondary N) is 1. The van der Waals surface area contributed by atoms with E-state index in [9.17, 15) is 14.9 Å². The molecule has 8 heteroatoms. The third kappa shape index (κ3) is 3.16. The van der Waals surface area contributed by atoms with Crippen molar-refractivity contribution in [3.8, 4) is 17.0 Å². The average Bonchev–Trinajstić information content (AvgIpc) is 3.39. The van der Waals surface area contributed by atoms with Crippen molar-refractivity contribution in [2.45, 2.75) is 0 Å². The highest BCUT2D eigenvalue weighted by atomic mass is 16.6. The van der Waals surface area contributed by atoms with E-state index in [2.05, 4.69) is 9.97 Å². The Morgan fingerprint density at radius 1 is 1.03 bits per heavy atom. The van der Waals surface area contributed by atoms with Gasteiger partial charge in [0.05, 0.1) is 22.4 Å². The van der Waals surface area contributed by atoms with E-state index in [4.69, 9.17) is 4.74 Å². The highest BCUT2D eigenvalue weighted by molar-refractivity contribution is 5.95. The Kier molecular flexibility index (Phi) is 4.03. The van der Waals surface area contributed by atoms with E-state index in [1.807, 2.05) is 18.3 Å². The van der Waals surface area contributed by atoms with Crippen molar-refractivity contribution in [3.05, 3.63) is 94.9 Å². The van der Waals surface area contributed by atoms with Crippen LogP contribution in [-0.2, 0) is 0 Å². The molecule has 0 saturated carbocycles. The zero-order valence-electron chi connectivity index (χ0n) is 15.5. The number of carbonyl (C=O) groups excluding carboxylic acids is 1. The van der Waals surface area contributed by atoms with Crippen LogP contribution in [0.4, 0.5) is 5.69 Å². The number of rotatable bonds is 4. The van der Waals surface area contributed by atoms with Crippen molar-refractivity contribution in [1.82, 2.24) is 14.4 Å². The van der Waals surface area contributed by atoms with Crippen LogP contribution in [0.1, 0.15) is 10.4 Å². The second-order valence-corrected chi connectivity index (χ2v) is 6.73. The van der Waals surface area contributed by atoms with Crippen LogP contribution in [0.15, 0.2) is 79.3 Å². The second kappa shape index (κ2) is 6.85. The fourth-order valence-corrected chi connectivity index (χ4v) is 3.26. The minimum absolute atomic E-state index is 0.00811. The number of benzene rings is 2. The van der Waals surface area contributed by atoms with Crippen LogP contribution in [-0.4, -0.2) is 25.3 Å². The summed E-state index contributed by atoms with van der Waals surface area (Å²) in [6.07, 6.45) is 4.95. The summed E-state index contributed by atoms with van der Waals surface area (Å²) in [5.41, 5.74) is 3.37. The van der Waals surface area contributed by atoms with Crippen molar-refractivity contribution in [2.24, 2.45) is 0 Å². The second-order valence-electron chi connectivity index (χ2n) is 6.73. The van der Waals surface area contributed by atoms with Gasteiger partial charge in [0.1, 0.15) is 11.4 Å². The van der Waals surface area contributed by atoms with Gasteiger partial charge in [0, 0.05) is 29.5 Å². The normalized spacial score (nSPS) is 11.1. The smallest absolute Gasteiger partial charge is 0.343 e. The molecule has 0 spiro atoms. The predicted octanol–water partition coefficient (Wildman–Crippen LogP) is 4.61. The average molecular weight is 398 g/mol. The lowest BCUT2D eigenvalue weighted by atomic mass is 10.1. The third-order valence-electron chi connectivity index (χ3n) is 4.80. The molecule has 3 heterocycles. The number of carbonyl (C=O) groups is 1. The summed E-state index contributed by atoms with van der Waals surface area (Å²) in [4.78, 5) is 30.5. The SMILES string of the molecule is O=C(Oc1ccc(-c2cn3cc([N+](=O)[O-])ccc3n2)cc1)c1ccc2cc[nH]c2c1. The van der Waals surface area contributed by atoms with Gasteiger partial charge in [-0.05, 0) is 53.9 Å². The largest absolute Gasteiger partial charge is 0.423 e. The highest BCUT2D eigenvalue weighted by Crippen LogP contribution is 2.24. The van der Waals surface area contributed by atoms with Gasteiger partial charge in [-0.2, -0.15) is 0 Å². The minimum Gasteiger partial charge on any atom is -0.423 e. The van der Waals surface area contributed by atoms with E-state index < -0.39 is 10.9 Å². The van der Waals surface area contributed by atoms with Crippen LogP contribution in [0.5, 0.6) is 5.75 Å². The first-order valence-electron chi connectivity index (χ1n) is 9.10. The molecule has 0 atom stereocenters. The molecule has 146 valence electrons. The molecule has 8 nitrogen and oxygen atoms in total. The molecule has 0 saturated heterocycles. The molecule has 0 aliphatic carbocycles. The Morgan fingerprint density at radius 2 is 1.87 bits per heavy atom. The van der Waals surface area contributed by atoms with Gasteiger partial charge in [-0.15, -0.1) is 0 Å². The van der Waals surface area contributed by atoms with Crippen molar-refractivity contribution >= 4 is 28.2 Å². The van der Waals surface area contributed by atoms with Crippen LogP contribution in [0.2, 0.25) is 0 Å². The fraction of sp³-hybridized carbons (Fsp3) is 0. The molecule has 0 aliphatic heterocycles. The van der Waals surface area contributed by atoms with Crippen LogP contribution < -0.4 is 4.74 Å². The lowest BCUT2D eigenvalue weighted by molar-refractivity contribution is -0.385. The summed E-state index contributed by atoms with van der Waals surface area (Å²) < 4.78 is 7.07. The Bertz CT molecular complexity index is 1420. The van der Waals surface area contributed by atoms with Gasteiger partial charge in [0.2, 0.25) is 0 Å². The number of aromatic amines is 1. The molecule has 3 aromatic heterocycles. The first-order valence-corrected chi connectivity index (χ1v) is 9.10. The lowest BCUT2D eigenvalue weighted by Gasteiger charge is -2.05. The van der Waals surface area contributed by atoms with Gasteiger partial charge in [-0.3, -0.25) is 14.5 Å². The first-order chi connectivity index (χ1) is 14.6. The lowest BCUT2D eigenvalue weighted by Crippen LogP contribution is -2.08. The summed E-state index contributed by atoms with van der Waals surface area (Å²) in [6, 6.07) is 17.2. The number of esters is 1. The fourth-order valence-electron chi connectivity index (χ4n) is 3.26. The highest BCUT2D eigenvalue weighted by Gasteiger charge is 2.12. The van der Waals surface area contributed by atoms with Crippen molar-refractivity contribution in [1.29, 1.82) is 0 Å². The zero-order chi connectivity index (χ0) is 20.7. The number of imidazole rings is 1. The summed E-state index contributed by atoms with van der Waals surface area (Å²) in [6.45, 7) is 0. The number of fused-ring (bicyclic) bond motifs is 2. The van der Waals surface area contributed by atoms with E-state index in [1.165, 1.54) is 12.3 Å². The first kappa shape index (κ1) is 17.6. The predicted molar refractivity (Wildman–Crippen MR) is 111 cm³/mol. The number of pyridine rings is 1. The summed E-state index contributed by atoms with van der Waals surface area (Å²) in [7, 11) is 0. The molecule has 1 N–H and O–H groups in total. The number of ether oxygens (including phenoxy) is 1. The maximum Gasteiger partial charge on any atom is 0.343 e. The van der Waals surface area contributed by atoms with Gasteiger partial charge >= 0.3 is 5.97 Å². The van der Waals surface area contributed by atoms with Crippen molar-refractivity contribution in [3.63, 3.8) is 0 Å². The molecule has 0 bridgehead atoms. The molecule has 30 heavy (non-hydrogen) atoms. The molecule has 0 unspecified atom stereocenters. The molecule has 0 amide bonds. The molecule has 0 fully saturated rings. The van der Waals surface area contributed by atoms with Crippen LogP contribution in [0.3, 0.4) is 0 Å². The topological polar surface area (TPSA) is 103 Å². The van der Waals surface area contributed by atoms with E-state index >= 15 is 0 Å². The molecular weight excluding hydrogens is 384 g/mol. The van der Waals surface area contributed by atoms with Crippen LogP contribution in [0, 0.1) is 10.1 Å². The number of hydrogen-bond donors (Lipinski definition) is 1. The van der Waals surface area contributed by atoms with Crippen molar-refractivity contribution < 1.29 is 14.5 Å². The Labute approximate surface area is 169 Å². The number of hydrogen-bond acceptors (Lipinski definition) is 5. The Balaban J connectivity index is 1.36. The monoisotopic (exact) mass is 398 g/mol. The molecule has 5 aromatic rings. The van der Waals surface area contributed by atoms with E-state index in [1.54, 1.807) is 53.1 Å². The number of nitro groups is 1. The van der Waals surface area contributed by atoms with Crippen molar-refractivity contribution in [2.75, 3.05) is 0 Å². The summed E-state index contributed by atoms with van der Waals surface area (Å²) >= 11 is 0. The Morgan fingerprint density at radius 3 is 2.67 bits per heavy atom. The van der Waals surface area contributed by atoms with Gasteiger partial charge < -0.3 is 9.72 Å². The number of H-pyrrole nitrogens is 1. The van der Waals surface area contributed by atoms with Gasteiger partial charge in [-0.25, -0.2) is 9.78 Å². The Hall–Kier alpha value is -4.46. The molecule has 0 radical (unpaired) electrons. The molecule has 2 aromatic carbocycles. The van der Waals surface area contributed by atoms with Crippen LogP contribution in [0.25, 0.3) is 27.8 Å². The third-order valence-corrected chi connectivity index (χ3v) is 4.80. The van der Waals surface area contributed by atoms with Crippen LogP contribution >= 0.6 is 0 Å². The summed E-state index contributed by atoms with van der Waals surface area (Å²) in [5.74, 6) is -0.0333. The quantitative estimate of drug-likeness (QED) is 0.206. The van der Waals surface area contributed by atoms with Gasteiger partial charge in [-0.1, -0.05) is 6.07 Å². The van der Waals surface area contributed by atoms with Gasteiger partial charge in [0.15, 0.2) is 0 Å². The number of aromatic nitrogens is 3. The standard InChI is InChI=1S/C22H14N4O4/c27-22(16-2-1-15-9-10-23-19(15)11-16)30-18-6-3-14(4-7-18)20-13-25-12-17(26(28)29)5-8-21(25)24-20/h1-13,23H. The number of nitrogens with zero attached hydrogens (tertiary/aromatic N) is 3. The van der Waals surface area contributed by atoms with Gasteiger partial charge in [0.25, 0.3) is 5.69 Å². The molecule has 0 aliphatic rings. The van der Waals surface area contributed by atoms with E-state index in [0.717, 1.165) is 16.5 Å².